The Kier molecular flexibility index (Phi) is 5.06. The smallest absolute Gasteiger partial charge is 0.228 e. The van der Waals surface area contributed by atoms with Gasteiger partial charge in [-0.25, -0.2) is 19.9 Å². The SMILES string of the molecule is Cc1cc(C)nc(Nc2nccnc2[C@H]2CCCN(Cc3cnc[nH]3)C2)n1. The Hall–Kier alpha value is -2.87. The molecule has 0 aliphatic carbocycles. The maximum atomic E-state index is 4.65. The van der Waals surface area contributed by atoms with Gasteiger partial charge in [0.25, 0.3) is 0 Å². The van der Waals surface area contributed by atoms with Crippen molar-refractivity contribution in [2.45, 2.75) is 39.2 Å². The van der Waals surface area contributed by atoms with Gasteiger partial charge in [-0.15, -0.1) is 0 Å². The number of nitrogens with one attached hydrogen (secondary N) is 2. The third-order valence-corrected chi connectivity index (χ3v) is 4.78. The number of aromatic nitrogens is 6. The minimum Gasteiger partial charge on any atom is -0.347 e. The van der Waals surface area contributed by atoms with Crippen molar-refractivity contribution >= 4 is 11.8 Å². The van der Waals surface area contributed by atoms with Gasteiger partial charge in [0.1, 0.15) is 0 Å². The molecule has 27 heavy (non-hydrogen) atoms. The van der Waals surface area contributed by atoms with Gasteiger partial charge in [0.2, 0.25) is 5.95 Å². The first kappa shape index (κ1) is 17.5. The van der Waals surface area contributed by atoms with E-state index in [2.05, 4.69) is 40.1 Å². The molecule has 1 aliphatic rings. The number of anilines is 2. The van der Waals surface area contributed by atoms with E-state index in [0.29, 0.717) is 11.9 Å². The van der Waals surface area contributed by atoms with Gasteiger partial charge >= 0.3 is 0 Å². The van der Waals surface area contributed by atoms with Crippen LogP contribution in [0.3, 0.4) is 0 Å². The average Bonchev–Trinajstić information content (AvgIpc) is 3.14. The summed E-state index contributed by atoms with van der Waals surface area (Å²) in [6.45, 7) is 6.83. The lowest BCUT2D eigenvalue weighted by molar-refractivity contribution is 0.197. The van der Waals surface area contributed by atoms with Crippen LogP contribution in [0.4, 0.5) is 11.8 Å². The number of hydrogen-bond donors (Lipinski definition) is 2. The van der Waals surface area contributed by atoms with Gasteiger partial charge in [-0.2, -0.15) is 0 Å². The average molecular weight is 364 g/mol. The van der Waals surface area contributed by atoms with Gasteiger partial charge in [-0.3, -0.25) is 9.88 Å². The van der Waals surface area contributed by atoms with Gasteiger partial charge in [-0.1, -0.05) is 0 Å². The molecule has 4 rings (SSSR count). The molecule has 8 heteroatoms. The van der Waals surface area contributed by atoms with Crippen molar-refractivity contribution in [2.75, 3.05) is 18.4 Å². The highest BCUT2D eigenvalue weighted by atomic mass is 15.2. The van der Waals surface area contributed by atoms with Gasteiger partial charge in [0.15, 0.2) is 5.82 Å². The Balaban J connectivity index is 1.53. The minimum absolute atomic E-state index is 0.323. The van der Waals surface area contributed by atoms with E-state index < -0.39 is 0 Å². The second-order valence-electron chi connectivity index (χ2n) is 7.04. The van der Waals surface area contributed by atoms with E-state index >= 15 is 0 Å². The van der Waals surface area contributed by atoms with Crippen LogP contribution in [-0.2, 0) is 6.54 Å². The van der Waals surface area contributed by atoms with Crippen LogP contribution < -0.4 is 5.32 Å². The van der Waals surface area contributed by atoms with E-state index in [1.165, 1.54) is 0 Å². The van der Waals surface area contributed by atoms with Crippen LogP contribution in [0.25, 0.3) is 0 Å². The number of hydrogen-bond acceptors (Lipinski definition) is 7. The molecular formula is C19H24N8. The molecule has 2 N–H and O–H groups in total. The van der Waals surface area contributed by atoms with Crippen LogP contribution in [0.15, 0.2) is 31.0 Å². The molecular weight excluding hydrogens is 340 g/mol. The fourth-order valence-electron chi connectivity index (χ4n) is 3.67. The van der Waals surface area contributed by atoms with Gasteiger partial charge in [0, 0.05) is 54.7 Å². The highest BCUT2D eigenvalue weighted by Crippen LogP contribution is 2.30. The maximum absolute atomic E-state index is 4.65. The molecule has 0 spiro atoms. The molecule has 0 unspecified atom stereocenters. The standard InChI is InChI=1S/C19H24N8/c1-13-8-14(2)25-19(24-13)26-18-17(21-5-6-22-18)15-4-3-7-27(10-15)11-16-9-20-12-23-16/h5-6,8-9,12,15H,3-4,7,10-11H2,1-2H3,(H,20,23)(H,22,24,25,26)/t15-/m0/s1. The molecule has 3 aromatic rings. The zero-order chi connectivity index (χ0) is 18.6. The number of piperidine rings is 1. The molecule has 140 valence electrons. The Morgan fingerprint density at radius 2 is 2.00 bits per heavy atom. The van der Waals surface area contributed by atoms with Crippen LogP contribution in [0.2, 0.25) is 0 Å². The van der Waals surface area contributed by atoms with Gasteiger partial charge in [0.05, 0.1) is 12.0 Å². The third-order valence-electron chi connectivity index (χ3n) is 4.78. The molecule has 4 heterocycles. The highest BCUT2D eigenvalue weighted by Gasteiger charge is 2.25. The molecule has 0 aromatic carbocycles. The van der Waals surface area contributed by atoms with Crippen LogP contribution in [0, 0.1) is 13.8 Å². The summed E-state index contributed by atoms with van der Waals surface area (Å²) in [7, 11) is 0. The zero-order valence-electron chi connectivity index (χ0n) is 15.7. The van der Waals surface area contributed by atoms with Crippen molar-refractivity contribution in [3.8, 4) is 0 Å². The predicted octanol–water partition coefficient (Wildman–Crippen LogP) is 2.73. The minimum atomic E-state index is 0.323. The normalized spacial score (nSPS) is 17.8. The molecule has 0 bridgehead atoms. The number of nitrogens with zero attached hydrogens (tertiary/aromatic N) is 6. The first-order valence-electron chi connectivity index (χ1n) is 9.27. The van der Waals surface area contributed by atoms with E-state index in [4.69, 9.17) is 0 Å². The third kappa shape index (κ3) is 4.28. The largest absolute Gasteiger partial charge is 0.347 e. The molecule has 1 fully saturated rings. The predicted molar refractivity (Wildman–Crippen MR) is 103 cm³/mol. The quantitative estimate of drug-likeness (QED) is 0.718. The monoisotopic (exact) mass is 364 g/mol. The lowest BCUT2D eigenvalue weighted by Gasteiger charge is -2.32. The Bertz CT molecular complexity index is 872. The number of rotatable bonds is 5. The van der Waals surface area contributed by atoms with Gasteiger partial charge in [-0.05, 0) is 39.3 Å². The van der Waals surface area contributed by atoms with Gasteiger partial charge < -0.3 is 10.3 Å². The fourth-order valence-corrected chi connectivity index (χ4v) is 3.67. The Labute approximate surface area is 158 Å². The molecule has 0 amide bonds. The number of aromatic amines is 1. The van der Waals surface area contributed by atoms with Crippen molar-refractivity contribution in [3.63, 3.8) is 0 Å². The Morgan fingerprint density at radius 1 is 1.19 bits per heavy atom. The number of aryl methyl sites for hydroxylation is 2. The van der Waals surface area contributed by atoms with E-state index in [1.807, 2.05) is 26.1 Å². The van der Waals surface area contributed by atoms with Crippen molar-refractivity contribution in [3.05, 3.63) is 53.8 Å². The summed E-state index contributed by atoms with van der Waals surface area (Å²) in [5, 5.41) is 3.28. The number of H-pyrrole nitrogens is 1. The van der Waals surface area contributed by atoms with Crippen LogP contribution in [-0.4, -0.2) is 47.9 Å². The summed E-state index contributed by atoms with van der Waals surface area (Å²) in [4.78, 5) is 27.8. The molecule has 1 atom stereocenters. The van der Waals surface area contributed by atoms with Crippen LogP contribution in [0.1, 0.15) is 41.5 Å². The summed E-state index contributed by atoms with van der Waals surface area (Å²) in [6, 6.07) is 1.96. The number of likely N-dealkylation sites (tertiary alicyclic amines) is 1. The topological polar surface area (TPSA) is 95.5 Å². The Morgan fingerprint density at radius 3 is 2.78 bits per heavy atom. The summed E-state index contributed by atoms with van der Waals surface area (Å²) in [5.41, 5.74) is 3.98. The summed E-state index contributed by atoms with van der Waals surface area (Å²) in [6.07, 6.45) is 9.31. The van der Waals surface area contributed by atoms with Crippen LogP contribution in [0.5, 0.6) is 0 Å². The van der Waals surface area contributed by atoms with E-state index in [-0.39, 0.29) is 0 Å². The first-order chi connectivity index (χ1) is 13.2. The molecule has 1 aliphatic heterocycles. The highest BCUT2D eigenvalue weighted by molar-refractivity contribution is 5.52. The van der Waals surface area contributed by atoms with E-state index in [0.717, 1.165) is 61.1 Å². The molecule has 0 saturated carbocycles. The summed E-state index contributed by atoms with van der Waals surface area (Å²) < 4.78 is 0. The van der Waals surface area contributed by atoms with E-state index in [9.17, 15) is 0 Å². The second kappa shape index (κ2) is 7.79. The van der Waals surface area contributed by atoms with Crippen molar-refractivity contribution in [1.82, 2.24) is 34.8 Å². The maximum Gasteiger partial charge on any atom is 0.228 e. The summed E-state index contributed by atoms with van der Waals surface area (Å²) >= 11 is 0. The lowest BCUT2D eigenvalue weighted by Crippen LogP contribution is -2.34. The number of imidazole rings is 1. The van der Waals surface area contributed by atoms with Crippen molar-refractivity contribution < 1.29 is 0 Å². The van der Waals surface area contributed by atoms with E-state index in [1.54, 1.807) is 18.7 Å². The first-order valence-corrected chi connectivity index (χ1v) is 9.27. The zero-order valence-corrected chi connectivity index (χ0v) is 15.7. The second-order valence-corrected chi connectivity index (χ2v) is 7.04. The molecule has 1 saturated heterocycles. The summed E-state index contributed by atoms with van der Waals surface area (Å²) in [5.74, 6) is 1.64. The fraction of sp³-hybridized carbons (Fsp3) is 0.421. The molecule has 3 aromatic heterocycles. The van der Waals surface area contributed by atoms with Crippen molar-refractivity contribution in [1.29, 1.82) is 0 Å². The van der Waals surface area contributed by atoms with Crippen LogP contribution >= 0.6 is 0 Å². The van der Waals surface area contributed by atoms with Crippen molar-refractivity contribution in [2.24, 2.45) is 0 Å². The lowest BCUT2D eigenvalue weighted by atomic mass is 9.94. The molecule has 8 nitrogen and oxygen atoms in total. The molecule has 0 radical (unpaired) electrons.